The van der Waals surface area contributed by atoms with E-state index in [4.69, 9.17) is 0 Å². The van der Waals surface area contributed by atoms with Crippen molar-refractivity contribution in [2.75, 3.05) is 32.4 Å². The monoisotopic (exact) mass is 354 g/mol. The molecule has 24 heavy (non-hydrogen) atoms. The molecule has 0 unspecified atom stereocenters. The van der Waals surface area contributed by atoms with E-state index >= 15 is 0 Å². The Morgan fingerprint density at radius 3 is 2.17 bits per heavy atom. The average Bonchev–Trinajstić information content (AvgIpc) is 2.55. The average molecular weight is 354 g/mol. The largest absolute Gasteiger partial charge is 0.342 e. The molecular weight excluding hydrogens is 328 g/mol. The van der Waals surface area contributed by atoms with E-state index in [9.17, 15) is 18.0 Å². The quantitative estimate of drug-likeness (QED) is 0.713. The lowest BCUT2D eigenvalue weighted by atomic mass is 10.2. The number of nitrogens with zero attached hydrogens (tertiary/aromatic N) is 2. The van der Waals surface area contributed by atoms with Gasteiger partial charge < -0.3 is 9.80 Å². The van der Waals surface area contributed by atoms with E-state index in [-0.39, 0.29) is 28.7 Å². The predicted octanol–water partition coefficient (Wildman–Crippen LogP) is 1.81. The molecule has 0 bridgehead atoms. The number of carbonyl (C=O) groups excluding carboxylic acids is 2. The molecule has 0 radical (unpaired) electrons. The van der Waals surface area contributed by atoms with Gasteiger partial charge in [0.25, 0.3) is 5.91 Å². The van der Waals surface area contributed by atoms with E-state index in [1.165, 1.54) is 24.1 Å². The molecule has 0 saturated carbocycles. The van der Waals surface area contributed by atoms with Gasteiger partial charge in [-0.25, -0.2) is 8.42 Å². The number of benzene rings is 1. The van der Waals surface area contributed by atoms with Gasteiger partial charge in [-0.05, 0) is 32.4 Å². The lowest BCUT2D eigenvalue weighted by Gasteiger charge is -2.23. The summed E-state index contributed by atoms with van der Waals surface area (Å²) >= 11 is 0. The first kappa shape index (κ1) is 20.2. The highest BCUT2D eigenvalue weighted by Crippen LogP contribution is 2.19. The molecule has 1 aromatic rings. The highest BCUT2D eigenvalue weighted by atomic mass is 32.2. The molecule has 7 heteroatoms. The van der Waals surface area contributed by atoms with Crippen molar-refractivity contribution in [2.24, 2.45) is 0 Å². The molecule has 0 spiro atoms. The Bertz CT molecular complexity index is 682. The van der Waals surface area contributed by atoms with Crippen molar-refractivity contribution in [1.82, 2.24) is 9.80 Å². The Labute approximate surface area is 144 Å². The van der Waals surface area contributed by atoms with Crippen molar-refractivity contribution in [3.8, 4) is 0 Å². The number of likely N-dealkylation sites (N-methyl/N-ethyl adjacent to an activating group) is 2. The molecule has 0 aliphatic rings. The normalized spacial score (nSPS) is 11.2. The fourth-order valence-corrected chi connectivity index (χ4v) is 3.98. The van der Waals surface area contributed by atoms with Crippen LogP contribution in [-0.4, -0.2) is 62.5 Å². The van der Waals surface area contributed by atoms with Crippen molar-refractivity contribution in [3.05, 3.63) is 29.8 Å². The number of hydrogen-bond donors (Lipinski definition) is 0. The van der Waals surface area contributed by atoms with E-state index in [1.54, 1.807) is 24.0 Å². The molecule has 0 aliphatic heterocycles. The van der Waals surface area contributed by atoms with Crippen LogP contribution in [0.15, 0.2) is 29.2 Å². The van der Waals surface area contributed by atoms with Gasteiger partial charge in [-0.15, -0.1) is 0 Å². The fraction of sp³-hybridized carbons (Fsp3) is 0.529. The summed E-state index contributed by atoms with van der Waals surface area (Å²) in [6.07, 6.45) is 0.473. The van der Waals surface area contributed by atoms with Gasteiger partial charge in [0.2, 0.25) is 5.91 Å². The van der Waals surface area contributed by atoms with Gasteiger partial charge >= 0.3 is 0 Å². The SMILES string of the molecule is CCCS(=O)(=O)c1ccccc1C(=O)N(C)CC(=O)N(CC)CC. The van der Waals surface area contributed by atoms with Gasteiger partial charge in [0.15, 0.2) is 9.84 Å². The first-order valence-electron chi connectivity index (χ1n) is 8.13. The van der Waals surface area contributed by atoms with Crippen LogP contribution in [0.5, 0.6) is 0 Å². The minimum atomic E-state index is -3.52. The Hall–Kier alpha value is -1.89. The molecule has 0 fully saturated rings. The maximum atomic E-state index is 12.6. The smallest absolute Gasteiger partial charge is 0.255 e. The van der Waals surface area contributed by atoms with E-state index in [0.29, 0.717) is 19.5 Å². The van der Waals surface area contributed by atoms with Crippen LogP contribution < -0.4 is 0 Å². The van der Waals surface area contributed by atoms with Crippen LogP contribution in [0.4, 0.5) is 0 Å². The third-order valence-electron chi connectivity index (χ3n) is 3.76. The lowest BCUT2D eigenvalue weighted by molar-refractivity contribution is -0.131. The van der Waals surface area contributed by atoms with Crippen LogP contribution in [0, 0.1) is 0 Å². The van der Waals surface area contributed by atoms with Crippen molar-refractivity contribution >= 4 is 21.7 Å². The third-order valence-corrected chi connectivity index (χ3v) is 5.73. The van der Waals surface area contributed by atoms with Gasteiger partial charge in [0.05, 0.1) is 22.8 Å². The number of carbonyl (C=O) groups is 2. The molecule has 0 heterocycles. The summed E-state index contributed by atoms with van der Waals surface area (Å²) in [5.41, 5.74) is 0.112. The van der Waals surface area contributed by atoms with Gasteiger partial charge in [0.1, 0.15) is 0 Å². The molecule has 6 nitrogen and oxygen atoms in total. The maximum absolute atomic E-state index is 12.6. The van der Waals surface area contributed by atoms with E-state index in [2.05, 4.69) is 0 Å². The molecule has 0 N–H and O–H groups in total. The van der Waals surface area contributed by atoms with Crippen LogP contribution >= 0.6 is 0 Å². The number of sulfone groups is 1. The minimum absolute atomic E-state index is 0.0145. The van der Waals surface area contributed by atoms with Crippen LogP contribution in [0.3, 0.4) is 0 Å². The van der Waals surface area contributed by atoms with E-state index < -0.39 is 15.7 Å². The summed E-state index contributed by atoms with van der Waals surface area (Å²) in [5.74, 6) is -0.644. The van der Waals surface area contributed by atoms with Gasteiger partial charge in [-0.1, -0.05) is 19.1 Å². The summed E-state index contributed by atoms with van der Waals surface area (Å²) in [6, 6.07) is 6.15. The fourth-order valence-electron chi connectivity index (χ4n) is 2.45. The molecule has 134 valence electrons. The molecule has 0 atom stereocenters. The first-order chi connectivity index (χ1) is 11.3. The van der Waals surface area contributed by atoms with Crippen LogP contribution in [0.1, 0.15) is 37.6 Å². The predicted molar refractivity (Wildman–Crippen MR) is 93.7 cm³/mol. The second kappa shape index (κ2) is 8.82. The second-order valence-corrected chi connectivity index (χ2v) is 7.62. The Kier molecular flexibility index (Phi) is 7.41. The Balaban J connectivity index is 3.06. The van der Waals surface area contributed by atoms with Crippen LogP contribution in [0.25, 0.3) is 0 Å². The zero-order valence-electron chi connectivity index (χ0n) is 14.8. The summed E-state index contributed by atoms with van der Waals surface area (Å²) in [7, 11) is -2.01. The molecule has 0 aromatic heterocycles. The first-order valence-corrected chi connectivity index (χ1v) is 9.78. The van der Waals surface area contributed by atoms with Gasteiger partial charge in [0, 0.05) is 20.1 Å². The lowest BCUT2D eigenvalue weighted by Crippen LogP contribution is -2.41. The number of amides is 2. The maximum Gasteiger partial charge on any atom is 0.255 e. The summed E-state index contributed by atoms with van der Waals surface area (Å²) < 4.78 is 24.7. The van der Waals surface area contributed by atoms with Crippen molar-refractivity contribution in [2.45, 2.75) is 32.1 Å². The van der Waals surface area contributed by atoms with Crippen molar-refractivity contribution in [3.63, 3.8) is 0 Å². The molecule has 2 amide bonds. The highest BCUT2D eigenvalue weighted by molar-refractivity contribution is 7.91. The summed E-state index contributed by atoms with van der Waals surface area (Å²) in [4.78, 5) is 27.7. The summed E-state index contributed by atoms with van der Waals surface area (Å²) in [6.45, 7) is 6.57. The molecule has 0 aliphatic carbocycles. The molecule has 1 rings (SSSR count). The van der Waals surface area contributed by atoms with Crippen molar-refractivity contribution in [1.29, 1.82) is 0 Å². The molecular formula is C17H26N2O4S. The van der Waals surface area contributed by atoms with E-state index in [1.807, 2.05) is 13.8 Å². The second-order valence-electron chi connectivity index (χ2n) is 5.54. The standard InChI is InChI=1S/C17H26N2O4S/c1-5-12-24(22,23)15-11-9-8-10-14(15)17(21)18(4)13-16(20)19(6-2)7-3/h8-11H,5-7,12-13H2,1-4H3. The Morgan fingerprint density at radius 2 is 1.62 bits per heavy atom. The van der Waals surface area contributed by atoms with Crippen LogP contribution in [-0.2, 0) is 14.6 Å². The van der Waals surface area contributed by atoms with Gasteiger partial charge in [-0.3, -0.25) is 9.59 Å². The zero-order valence-corrected chi connectivity index (χ0v) is 15.6. The number of hydrogen-bond acceptors (Lipinski definition) is 4. The topological polar surface area (TPSA) is 74.8 Å². The summed E-state index contributed by atoms with van der Waals surface area (Å²) in [5, 5.41) is 0. The Morgan fingerprint density at radius 1 is 1.04 bits per heavy atom. The number of rotatable bonds is 8. The molecule has 0 saturated heterocycles. The van der Waals surface area contributed by atoms with Crippen LogP contribution in [0.2, 0.25) is 0 Å². The van der Waals surface area contributed by atoms with E-state index in [0.717, 1.165) is 0 Å². The zero-order chi connectivity index (χ0) is 18.3. The van der Waals surface area contributed by atoms with Crippen molar-refractivity contribution < 1.29 is 18.0 Å². The highest BCUT2D eigenvalue weighted by Gasteiger charge is 2.25. The van der Waals surface area contributed by atoms with Gasteiger partial charge in [-0.2, -0.15) is 0 Å². The minimum Gasteiger partial charge on any atom is -0.342 e. The molecule has 1 aromatic carbocycles. The third kappa shape index (κ3) is 4.80.